The van der Waals surface area contributed by atoms with E-state index in [0.717, 1.165) is 5.56 Å². The zero-order valence-corrected chi connectivity index (χ0v) is 9.48. The molecule has 0 aliphatic carbocycles. The molecule has 0 aliphatic rings. The molecule has 0 fully saturated rings. The molecule has 3 nitrogen and oxygen atoms in total. The maximum absolute atomic E-state index is 9.68. The Kier molecular flexibility index (Phi) is 2.27. The molecule has 0 spiro atoms. The first kappa shape index (κ1) is 10.2. The Hall–Kier alpha value is -2.00. The largest absolute Gasteiger partial charge is 0.480 e. The Labute approximate surface area is 102 Å². The Morgan fingerprint density at radius 1 is 1.18 bits per heavy atom. The molecule has 0 unspecified atom stereocenters. The molecule has 0 bridgehead atoms. The third-order valence-electron chi connectivity index (χ3n) is 2.54. The van der Waals surface area contributed by atoms with Crippen molar-refractivity contribution in [3.8, 4) is 17.3 Å². The number of hydrogen-bond acceptors (Lipinski definition) is 3. The molecule has 3 aromatic rings. The summed E-state index contributed by atoms with van der Waals surface area (Å²) in [7, 11) is 0. The van der Waals surface area contributed by atoms with Crippen molar-refractivity contribution in [2.45, 2.75) is 0 Å². The Morgan fingerprint density at radius 3 is 2.88 bits per heavy atom. The van der Waals surface area contributed by atoms with Crippen LogP contribution < -0.4 is 0 Å². The standard InChI is InChI=1S/C13H8ClNO2/c14-9-4-1-3-8(7-9)12-11-10(13(16)17-12)5-2-6-15-11/h1-7,16H. The lowest BCUT2D eigenvalue weighted by Gasteiger charge is -1.97. The molecule has 0 aliphatic heterocycles. The number of hydrogen-bond donors (Lipinski definition) is 1. The van der Waals surface area contributed by atoms with Crippen LogP contribution in [0.2, 0.25) is 5.02 Å². The number of furan rings is 1. The first-order valence-corrected chi connectivity index (χ1v) is 5.46. The Bertz CT molecular complexity index is 691. The van der Waals surface area contributed by atoms with Crippen molar-refractivity contribution in [1.82, 2.24) is 4.98 Å². The van der Waals surface area contributed by atoms with Gasteiger partial charge in [0.2, 0.25) is 0 Å². The number of benzene rings is 1. The minimum Gasteiger partial charge on any atom is -0.480 e. The van der Waals surface area contributed by atoms with Gasteiger partial charge in [-0.05, 0) is 24.3 Å². The lowest BCUT2D eigenvalue weighted by Crippen LogP contribution is -1.77. The smallest absolute Gasteiger partial charge is 0.292 e. The van der Waals surface area contributed by atoms with Gasteiger partial charge >= 0.3 is 0 Å². The molecule has 3 rings (SSSR count). The molecule has 0 saturated carbocycles. The van der Waals surface area contributed by atoms with Crippen LogP contribution >= 0.6 is 11.6 Å². The van der Waals surface area contributed by atoms with Gasteiger partial charge in [0, 0.05) is 16.8 Å². The molecular formula is C13H8ClNO2. The number of fused-ring (bicyclic) bond motifs is 1. The predicted octanol–water partition coefficient (Wildman–Crippen LogP) is 3.85. The summed E-state index contributed by atoms with van der Waals surface area (Å²) in [6, 6.07) is 10.7. The van der Waals surface area contributed by atoms with E-state index in [1.165, 1.54) is 0 Å². The van der Waals surface area contributed by atoms with Gasteiger partial charge in [0.25, 0.3) is 5.95 Å². The van der Waals surface area contributed by atoms with Crippen molar-refractivity contribution < 1.29 is 9.52 Å². The first-order chi connectivity index (χ1) is 8.25. The normalized spacial score (nSPS) is 10.9. The van der Waals surface area contributed by atoms with Gasteiger partial charge < -0.3 is 9.52 Å². The van der Waals surface area contributed by atoms with Crippen molar-refractivity contribution in [3.63, 3.8) is 0 Å². The van der Waals surface area contributed by atoms with Crippen LogP contribution in [0.4, 0.5) is 0 Å². The van der Waals surface area contributed by atoms with Crippen LogP contribution in [0, 0.1) is 0 Å². The van der Waals surface area contributed by atoms with E-state index in [2.05, 4.69) is 4.98 Å². The molecule has 0 amide bonds. The molecule has 0 saturated heterocycles. The van der Waals surface area contributed by atoms with Gasteiger partial charge in [0.1, 0.15) is 5.52 Å². The fourth-order valence-corrected chi connectivity index (χ4v) is 1.97. The minimum absolute atomic E-state index is 0.122. The van der Waals surface area contributed by atoms with Crippen LogP contribution in [0.1, 0.15) is 0 Å². The fraction of sp³-hybridized carbons (Fsp3) is 0. The molecule has 0 atom stereocenters. The lowest BCUT2D eigenvalue weighted by atomic mass is 10.1. The Morgan fingerprint density at radius 2 is 2.06 bits per heavy atom. The highest BCUT2D eigenvalue weighted by atomic mass is 35.5. The van der Waals surface area contributed by atoms with Gasteiger partial charge in [-0.1, -0.05) is 23.7 Å². The topological polar surface area (TPSA) is 46.3 Å². The highest BCUT2D eigenvalue weighted by molar-refractivity contribution is 6.30. The van der Waals surface area contributed by atoms with E-state index in [1.54, 1.807) is 30.5 Å². The average Bonchev–Trinajstić information content (AvgIpc) is 2.68. The molecule has 17 heavy (non-hydrogen) atoms. The minimum atomic E-state index is -0.122. The fourth-order valence-electron chi connectivity index (χ4n) is 1.78. The van der Waals surface area contributed by atoms with Crippen LogP contribution in [0.15, 0.2) is 47.0 Å². The van der Waals surface area contributed by atoms with E-state index in [0.29, 0.717) is 21.7 Å². The third kappa shape index (κ3) is 1.65. The summed E-state index contributed by atoms with van der Waals surface area (Å²) in [5.41, 5.74) is 1.42. The van der Waals surface area contributed by atoms with Crippen LogP contribution in [0.3, 0.4) is 0 Å². The van der Waals surface area contributed by atoms with Gasteiger partial charge in [0.05, 0.1) is 5.39 Å². The summed E-state index contributed by atoms with van der Waals surface area (Å²) >= 11 is 5.93. The zero-order valence-electron chi connectivity index (χ0n) is 8.72. The predicted molar refractivity (Wildman–Crippen MR) is 66.1 cm³/mol. The number of rotatable bonds is 1. The number of pyridine rings is 1. The van der Waals surface area contributed by atoms with Crippen molar-refractivity contribution >= 4 is 22.5 Å². The quantitative estimate of drug-likeness (QED) is 0.708. The molecule has 1 aromatic carbocycles. The van der Waals surface area contributed by atoms with E-state index in [1.807, 2.05) is 12.1 Å². The summed E-state index contributed by atoms with van der Waals surface area (Å²) in [6.45, 7) is 0. The van der Waals surface area contributed by atoms with E-state index in [9.17, 15) is 5.11 Å². The molecule has 4 heteroatoms. The maximum Gasteiger partial charge on any atom is 0.292 e. The molecule has 84 valence electrons. The van der Waals surface area contributed by atoms with Crippen molar-refractivity contribution in [2.24, 2.45) is 0 Å². The van der Waals surface area contributed by atoms with Gasteiger partial charge in [-0.15, -0.1) is 0 Å². The molecule has 0 radical (unpaired) electrons. The summed E-state index contributed by atoms with van der Waals surface area (Å²) < 4.78 is 5.34. The molecule has 1 N–H and O–H groups in total. The van der Waals surface area contributed by atoms with Crippen molar-refractivity contribution in [1.29, 1.82) is 0 Å². The maximum atomic E-state index is 9.68. The highest BCUT2D eigenvalue weighted by Crippen LogP contribution is 2.36. The second-order valence-corrected chi connectivity index (χ2v) is 4.08. The lowest BCUT2D eigenvalue weighted by molar-refractivity contribution is 0.343. The first-order valence-electron chi connectivity index (χ1n) is 5.08. The van der Waals surface area contributed by atoms with Gasteiger partial charge in [-0.2, -0.15) is 0 Å². The van der Waals surface area contributed by atoms with E-state index >= 15 is 0 Å². The van der Waals surface area contributed by atoms with E-state index in [-0.39, 0.29) is 5.95 Å². The van der Waals surface area contributed by atoms with Gasteiger partial charge in [0.15, 0.2) is 5.76 Å². The monoisotopic (exact) mass is 245 g/mol. The second-order valence-electron chi connectivity index (χ2n) is 3.65. The van der Waals surface area contributed by atoms with Gasteiger partial charge in [-0.3, -0.25) is 4.98 Å². The number of aromatic nitrogens is 1. The molecular weight excluding hydrogens is 238 g/mol. The highest BCUT2D eigenvalue weighted by Gasteiger charge is 2.14. The number of nitrogens with zero attached hydrogens (tertiary/aromatic N) is 1. The Balaban J connectivity index is 2.31. The SMILES string of the molecule is Oc1oc(-c2cccc(Cl)c2)c2ncccc12. The summed E-state index contributed by atoms with van der Waals surface area (Å²) in [4.78, 5) is 4.21. The van der Waals surface area contributed by atoms with Crippen LogP contribution in [0.5, 0.6) is 5.95 Å². The van der Waals surface area contributed by atoms with Crippen molar-refractivity contribution in [3.05, 3.63) is 47.6 Å². The van der Waals surface area contributed by atoms with E-state index in [4.69, 9.17) is 16.0 Å². The summed E-state index contributed by atoms with van der Waals surface area (Å²) in [5, 5.41) is 10.9. The van der Waals surface area contributed by atoms with Crippen LogP contribution in [0.25, 0.3) is 22.2 Å². The average molecular weight is 246 g/mol. The molecule has 2 aromatic heterocycles. The molecule has 2 heterocycles. The van der Waals surface area contributed by atoms with E-state index < -0.39 is 0 Å². The zero-order chi connectivity index (χ0) is 11.8. The summed E-state index contributed by atoms with van der Waals surface area (Å²) in [6.07, 6.45) is 1.66. The number of halogens is 1. The third-order valence-corrected chi connectivity index (χ3v) is 2.77. The van der Waals surface area contributed by atoms with Crippen LogP contribution in [-0.2, 0) is 0 Å². The van der Waals surface area contributed by atoms with Crippen molar-refractivity contribution in [2.75, 3.05) is 0 Å². The van der Waals surface area contributed by atoms with Gasteiger partial charge in [-0.25, -0.2) is 0 Å². The summed E-state index contributed by atoms with van der Waals surface area (Å²) in [5.74, 6) is 0.406. The second kappa shape index (κ2) is 3.79. The number of aromatic hydroxyl groups is 1. The van der Waals surface area contributed by atoms with Crippen LogP contribution in [-0.4, -0.2) is 10.1 Å².